The molecule has 2 saturated heterocycles. The first-order chi connectivity index (χ1) is 38.3. The van der Waals surface area contributed by atoms with Gasteiger partial charge in [-0.25, -0.2) is 14.6 Å². The Kier molecular flexibility index (Phi) is 16.5. The van der Waals surface area contributed by atoms with Crippen LogP contribution in [0.3, 0.4) is 0 Å². The number of hydrogen-bond acceptors (Lipinski definition) is 13. The van der Waals surface area contributed by atoms with Gasteiger partial charge in [-0.05, 0) is 152 Å². The van der Waals surface area contributed by atoms with Gasteiger partial charge in [0.1, 0.15) is 39.5 Å². The van der Waals surface area contributed by atoms with E-state index < -0.39 is 0 Å². The molecule has 5 aromatic carbocycles. The Balaban J connectivity index is 0.000000183. The van der Waals surface area contributed by atoms with Crippen LogP contribution >= 0.6 is 0 Å². The molecule has 0 aliphatic carbocycles. The fourth-order valence-electron chi connectivity index (χ4n) is 10.2. The molecule has 79 heavy (non-hydrogen) atoms. The van der Waals surface area contributed by atoms with Crippen LogP contribution in [0, 0.1) is 13.8 Å². The zero-order valence-electron chi connectivity index (χ0n) is 45.7. The van der Waals surface area contributed by atoms with Gasteiger partial charge in [0.15, 0.2) is 22.9 Å². The average Bonchev–Trinajstić information content (AvgIpc) is 4.43. The van der Waals surface area contributed by atoms with E-state index in [4.69, 9.17) is 24.3 Å². The summed E-state index contributed by atoms with van der Waals surface area (Å²) in [6.07, 6.45) is 5.43. The highest BCUT2D eigenvalue weighted by Gasteiger charge is 2.24. The number of H-pyrrole nitrogens is 1. The molecule has 0 spiro atoms. The molecule has 2 aliphatic heterocycles. The molecule has 2 fully saturated rings. The SMILES string of the molecule is COc1ccc(Cn2nc(N[C@@H]3CCNC3)c3c(Oc4cccc(C(=O)Nc5ccc(C(C)C)c(C)c5)c4)ccnc32)cc1.Cc1cc(NC(=O)c2cccc(Oc3ccnc4[nH]nc(N[C@@H]5CCNC5)c34)c2)ccc1C(C)C. The highest BCUT2D eigenvalue weighted by molar-refractivity contribution is 6.05. The molecule has 4 aromatic heterocycles. The van der Waals surface area contributed by atoms with E-state index in [1.807, 2.05) is 89.6 Å². The number of pyridine rings is 2. The largest absolute Gasteiger partial charge is 0.497 e. The zero-order valence-corrected chi connectivity index (χ0v) is 45.7. The molecule has 2 amide bonds. The molecule has 11 rings (SSSR count). The van der Waals surface area contributed by atoms with Gasteiger partial charge in [0.05, 0.1) is 13.7 Å². The summed E-state index contributed by atoms with van der Waals surface area (Å²) in [5, 5.41) is 33.8. The predicted molar refractivity (Wildman–Crippen MR) is 313 cm³/mol. The zero-order chi connectivity index (χ0) is 55.0. The van der Waals surface area contributed by atoms with Crippen LogP contribution in [0.15, 0.2) is 134 Å². The number of aryl methyl sites for hydroxylation is 2. The summed E-state index contributed by atoms with van der Waals surface area (Å²) in [6, 6.07) is 38.6. The van der Waals surface area contributed by atoms with Crippen LogP contribution in [0.4, 0.5) is 23.0 Å². The molecule has 2 atom stereocenters. The Morgan fingerprint density at radius 3 is 1.70 bits per heavy atom. The number of nitrogens with zero attached hydrogens (tertiary/aromatic N) is 5. The van der Waals surface area contributed by atoms with E-state index in [1.165, 1.54) is 11.1 Å². The van der Waals surface area contributed by atoms with Gasteiger partial charge in [-0.15, -0.1) is 0 Å². The maximum atomic E-state index is 13.2. The first-order valence-electron chi connectivity index (χ1n) is 27.0. The molecule has 7 N–H and O–H groups in total. The number of carbonyl (C=O) groups is 2. The highest BCUT2D eigenvalue weighted by Crippen LogP contribution is 2.37. The molecule has 0 bridgehead atoms. The molecule has 9 aromatic rings. The fraction of sp³-hybridized carbons (Fsp3) is 0.290. The van der Waals surface area contributed by atoms with E-state index in [0.29, 0.717) is 75.7 Å². The average molecular weight is 1060 g/mol. The summed E-state index contributed by atoms with van der Waals surface area (Å²) >= 11 is 0. The second-order valence-corrected chi connectivity index (χ2v) is 20.8. The van der Waals surface area contributed by atoms with Gasteiger partial charge in [-0.3, -0.25) is 14.7 Å². The lowest BCUT2D eigenvalue weighted by Crippen LogP contribution is -2.22. The number of aromatic amines is 1. The molecule has 406 valence electrons. The van der Waals surface area contributed by atoms with Crippen LogP contribution < -0.4 is 46.1 Å². The number of ether oxygens (including phenoxy) is 3. The Hall–Kier alpha value is -8.80. The van der Waals surface area contributed by atoms with E-state index >= 15 is 0 Å². The monoisotopic (exact) mass is 1060 g/mol. The molecule has 17 nitrogen and oxygen atoms in total. The minimum Gasteiger partial charge on any atom is -0.497 e. The van der Waals surface area contributed by atoms with Crippen molar-refractivity contribution in [2.24, 2.45) is 0 Å². The second kappa shape index (κ2) is 24.3. The van der Waals surface area contributed by atoms with E-state index in [9.17, 15) is 9.59 Å². The van der Waals surface area contributed by atoms with Crippen LogP contribution in [0.5, 0.6) is 28.7 Å². The first kappa shape index (κ1) is 53.6. The minimum atomic E-state index is -0.199. The van der Waals surface area contributed by atoms with Gasteiger partial charge < -0.3 is 46.1 Å². The summed E-state index contributed by atoms with van der Waals surface area (Å²) in [5.74, 6) is 5.06. The number of anilines is 4. The number of aromatic nitrogens is 6. The molecule has 0 saturated carbocycles. The normalized spacial score (nSPS) is 15.0. The van der Waals surface area contributed by atoms with Gasteiger partial charge in [0, 0.05) is 72.2 Å². The lowest BCUT2D eigenvalue weighted by Gasteiger charge is -2.13. The Morgan fingerprint density at radius 1 is 0.633 bits per heavy atom. The van der Waals surface area contributed by atoms with E-state index in [-0.39, 0.29) is 17.9 Å². The molecule has 6 heterocycles. The van der Waals surface area contributed by atoms with Gasteiger partial charge in [-0.2, -0.15) is 10.2 Å². The Bertz CT molecular complexity index is 3600. The number of rotatable bonds is 17. The lowest BCUT2D eigenvalue weighted by molar-refractivity contribution is 0.101. The molecular weight excluding hydrogens is 993 g/mol. The summed E-state index contributed by atoms with van der Waals surface area (Å²) < 4.78 is 19.9. The third-order valence-electron chi connectivity index (χ3n) is 14.3. The van der Waals surface area contributed by atoms with Crippen molar-refractivity contribution < 1.29 is 23.8 Å². The van der Waals surface area contributed by atoms with Crippen molar-refractivity contribution in [3.8, 4) is 28.7 Å². The quantitative estimate of drug-likeness (QED) is 0.0454. The maximum absolute atomic E-state index is 13.2. The molecule has 0 unspecified atom stereocenters. The fourth-order valence-corrected chi connectivity index (χ4v) is 10.2. The van der Waals surface area contributed by atoms with Crippen molar-refractivity contribution in [1.29, 1.82) is 0 Å². The van der Waals surface area contributed by atoms with E-state index in [1.54, 1.807) is 43.8 Å². The first-order valence-corrected chi connectivity index (χ1v) is 27.0. The van der Waals surface area contributed by atoms with Crippen LogP contribution in [0.1, 0.15) is 101 Å². The van der Waals surface area contributed by atoms with Gasteiger partial charge in [0.25, 0.3) is 11.8 Å². The predicted octanol–water partition coefficient (Wildman–Crippen LogP) is 11.9. The van der Waals surface area contributed by atoms with Crippen LogP contribution in [0.25, 0.3) is 22.1 Å². The van der Waals surface area contributed by atoms with Gasteiger partial charge >= 0.3 is 0 Å². The number of nitrogens with one attached hydrogen (secondary N) is 7. The third-order valence-corrected chi connectivity index (χ3v) is 14.3. The number of amides is 2. The third kappa shape index (κ3) is 12.8. The van der Waals surface area contributed by atoms with E-state index in [2.05, 4.69) is 101 Å². The lowest BCUT2D eigenvalue weighted by atomic mass is 9.97. The van der Waals surface area contributed by atoms with Gasteiger partial charge in [-0.1, -0.05) is 64.1 Å². The van der Waals surface area contributed by atoms with Crippen LogP contribution in [-0.4, -0.2) is 87.1 Å². The van der Waals surface area contributed by atoms with Gasteiger partial charge in [0.2, 0.25) is 0 Å². The van der Waals surface area contributed by atoms with E-state index in [0.717, 1.165) is 89.4 Å². The highest BCUT2D eigenvalue weighted by atomic mass is 16.5. The van der Waals surface area contributed by atoms with Crippen molar-refractivity contribution in [3.63, 3.8) is 0 Å². The minimum absolute atomic E-state index is 0.188. The maximum Gasteiger partial charge on any atom is 0.255 e. The second-order valence-electron chi connectivity index (χ2n) is 20.8. The smallest absolute Gasteiger partial charge is 0.255 e. The topological polar surface area (TPSA) is 206 Å². The summed E-state index contributed by atoms with van der Waals surface area (Å²) in [4.78, 5) is 35.3. The van der Waals surface area contributed by atoms with Crippen molar-refractivity contribution in [1.82, 2.24) is 40.6 Å². The molecular formula is C62H68N12O5. The van der Waals surface area contributed by atoms with Crippen LogP contribution in [0.2, 0.25) is 0 Å². The number of carbonyl (C=O) groups excluding carboxylic acids is 2. The standard InChI is InChI=1S/C35H38N6O3.C27H30N6O2/c1-22(2)30-13-10-26(18-23(30)3)39-35(42)25-6-5-7-29(19-25)44-31-15-17-37-34-32(31)33(38-27-14-16-36-20-27)40-41(34)21-24-8-11-28(43-4)12-9-24;1-16(2)22-8-7-19(13-17(22)3)31-27(34)18-5-4-6-21(14-18)35-23-10-12-29-25-24(23)26(33-32-25)30-20-9-11-28-15-20/h5-13,15,17-19,22,27,36H,14,16,20-21H2,1-4H3,(H,38,40)(H,39,42);4-8,10,12-14,16,20,28H,9,11,15H2,1-3H3,(H,31,34)(H2,29,30,32,33)/t27-;20-/m11/s1. The molecule has 2 aliphatic rings. The molecule has 17 heteroatoms. The van der Waals surface area contributed by atoms with Crippen molar-refractivity contribution in [3.05, 3.63) is 173 Å². The van der Waals surface area contributed by atoms with Crippen molar-refractivity contribution in [2.75, 3.05) is 54.6 Å². The Morgan fingerprint density at radius 2 is 1.18 bits per heavy atom. The number of methoxy groups -OCH3 is 1. The van der Waals surface area contributed by atoms with Crippen LogP contribution in [-0.2, 0) is 6.54 Å². The summed E-state index contributed by atoms with van der Waals surface area (Å²) in [6.45, 7) is 17.0. The molecule has 0 radical (unpaired) electrons. The number of fused-ring (bicyclic) bond motifs is 2. The Labute approximate surface area is 460 Å². The summed E-state index contributed by atoms with van der Waals surface area (Å²) in [5.41, 5.74) is 9.85. The van der Waals surface area contributed by atoms with Crippen molar-refractivity contribution in [2.45, 2.75) is 84.8 Å². The number of hydrogen-bond donors (Lipinski definition) is 7. The van der Waals surface area contributed by atoms with Crippen molar-refractivity contribution >= 4 is 56.9 Å². The number of benzene rings is 5. The summed E-state index contributed by atoms with van der Waals surface area (Å²) in [7, 11) is 1.66.